The van der Waals surface area contributed by atoms with Gasteiger partial charge in [-0.25, -0.2) is 0 Å². The van der Waals surface area contributed by atoms with E-state index in [4.69, 9.17) is 18.9 Å². The first-order chi connectivity index (χ1) is 22.2. The molecule has 1 aliphatic rings. The Morgan fingerprint density at radius 3 is 1.02 bits per heavy atom. The highest BCUT2D eigenvalue weighted by Gasteiger charge is 2.32. The van der Waals surface area contributed by atoms with E-state index in [1.165, 1.54) is 0 Å². The first-order valence-corrected chi connectivity index (χ1v) is 18.0. The summed E-state index contributed by atoms with van der Waals surface area (Å²) in [7, 11) is 0. The molecule has 1 fully saturated rings. The summed E-state index contributed by atoms with van der Waals surface area (Å²) in [4.78, 5) is 60.9. The van der Waals surface area contributed by atoms with Gasteiger partial charge in [-0.3, -0.25) is 38.8 Å². The molecule has 1 heterocycles. The van der Waals surface area contributed by atoms with Crippen LogP contribution in [-0.2, 0) is 38.1 Å². The van der Waals surface area contributed by atoms with Gasteiger partial charge in [-0.1, -0.05) is 13.8 Å². The van der Waals surface area contributed by atoms with E-state index in [1.807, 2.05) is 97.8 Å². The standard InChI is InChI=1S/C37H70N4O8/c1-28(2)15-16-29(33(45)49-37(12,13)14)41-23-21-39(26-31(43)47-35(6,7)8)19-17-38(25-30(42)46-34(3,4)5)18-20-40(22-24-41)27-32(44)48-36(9,10)11/h28-29H,15-27H2,1-14H3/t29-/m1/s1. The summed E-state index contributed by atoms with van der Waals surface area (Å²) < 4.78 is 22.9. The summed E-state index contributed by atoms with van der Waals surface area (Å²) in [6.07, 6.45) is 1.46. The van der Waals surface area contributed by atoms with E-state index in [1.54, 1.807) is 0 Å². The monoisotopic (exact) mass is 699 g/mol. The Bertz CT molecular complexity index is 1010. The molecule has 1 rings (SSSR count). The highest BCUT2D eigenvalue weighted by Crippen LogP contribution is 2.19. The average molecular weight is 699 g/mol. The van der Waals surface area contributed by atoms with Gasteiger partial charge in [0.2, 0.25) is 0 Å². The lowest BCUT2D eigenvalue weighted by atomic mass is 10.0. The molecule has 12 nitrogen and oxygen atoms in total. The zero-order chi connectivity index (χ0) is 37.8. The second-order valence-electron chi connectivity index (χ2n) is 17.6. The van der Waals surface area contributed by atoms with E-state index in [0.717, 1.165) is 6.42 Å². The van der Waals surface area contributed by atoms with Crippen molar-refractivity contribution in [2.75, 3.05) is 72.0 Å². The Hall–Kier alpha value is -2.28. The molecule has 0 spiro atoms. The van der Waals surface area contributed by atoms with Crippen LogP contribution in [0.15, 0.2) is 0 Å². The minimum Gasteiger partial charge on any atom is -0.459 e. The van der Waals surface area contributed by atoms with Crippen LogP contribution in [0.2, 0.25) is 0 Å². The van der Waals surface area contributed by atoms with Crippen molar-refractivity contribution in [1.82, 2.24) is 19.6 Å². The predicted octanol–water partition coefficient (Wildman–Crippen LogP) is 4.38. The summed E-state index contributed by atoms with van der Waals surface area (Å²) in [6, 6.07) is -0.500. The summed E-state index contributed by atoms with van der Waals surface area (Å²) in [5, 5.41) is 0. The van der Waals surface area contributed by atoms with Crippen molar-refractivity contribution >= 4 is 23.9 Å². The van der Waals surface area contributed by atoms with Crippen LogP contribution >= 0.6 is 0 Å². The molecule has 0 aliphatic carbocycles. The van der Waals surface area contributed by atoms with Gasteiger partial charge in [0.15, 0.2) is 0 Å². The largest absolute Gasteiger partial charge is 0.459 e. The van der Waals surface area contributed by atoms with Crippen LogP contribution in [0.5, 0.6) is 0 Å². The topological polar surface area (TPSA) is 118 Å². The number of nitrogens with zero attached hydrogens (tertiary/aromatic N) is 4. The van der Waals surface area contributed by atoms with Crippen molar-refractivity contribution < 1.29 is 38.1 Å². The molecule has 0 aromatic heterocycles. The highest BCUT2D eigenvalue weighted by molar-refractivity contribution is 5.76. The highest BCUT2D eigenvalue weighted by atomic mass is 16.6. The van der Waals surface area contributed by atoms with Gasteiger partial charge in [0.05, 0.1) is 19.6 Å². The molecule has 0 radical (unpaired) electrons. The third-order valence-electron chi connectivity index (χ3n) is 7.33. The summed E-state index contributed by atoms with van der Waals surface area (Å²) >= 11 is 0. The lowest BCUT2D eigenvalue weighted by Crippen LogP contribution is -2.53. The molecule has 1 atom stereocenters. The van der Waals surface area contributed by atoms with Crippen LogP contribution in [0.3, 0.4) is 0 Å². The minimum atomic E-state index is -0.650. The Kier molecular flexibility index (Phi) is 17.7. The number of ether oxygens (including phenoxy) is 4. The van der Waals surface area contributed by atoms with Crippen molar-refractivity contribution in [3.05, 3.63) is 0 Å². The molecular weight excluding hydrogens is 628 g/mol. The van der Waals surface area contributed by atoms with E-state index in [2.05, 4.69) is 18.7 Å². The van der Waals surface area contributed by atoms with Crippen LogP contribution in [0.25, 0.3) is 0 Å². The number of hydrogen-bond donors (Lipinski definition) is 0. The van der Waals surface area contributed by atoms with Gasteiger partial charge in [-0.05, 0) is 102 Å². The molecule has 0 aromatic rings. The number of carbonyl (C=O) groups excluding carboxylic acids is 4. The Balaban J connectivity index is 3.50. The Morgan fingerprint density at radius 1 is 0.469 bits per heavy atom. The maximum atomic E-state index is 13.7. The summed E-state index contributed by atoms with van der Waals surface area (Å²) in [6.45, 7) is 30.5. The van der Waals surface area contributed by atoms with Crippen LogP contribution < -0.4 is 0 Å². The van der Waals surface area contributed by atoms with Gasteiger partial charge in [-0.2, -0.15) is 0 Å². The van der Waals surface area contributed by atoms with Crippen LogP contribution in [0.1, 0.15) is 110 Å². The van der Waals surface area contributed by atoms with E-state index in [9.17, 15) is 19.2 Å². The second-order valence-corrected chi connectivity index (χ2v) is 17.6. The molecule has 0 saturated carbocycles. The molecule has 0 unspecified atom stereocenters. The van der Waals surface area contributed by atoms with Gasteiger partial charge in [0.1, 0.15) is 28.4 Å². The number of esters is 4. The molecule has 1 aliphatic heterocycles. The fourth-order valence-corrected chi connectivity index (χ4v) is 5.32. The zero-order valence-corrected chi connectivity index (χ0v) is 33.4. The minimum absolute atomic E-state index is 0.0687. The number of carbonyl (C=O) groups is 4. The Morgan fingerprint density at radius 2 is 0.755 bits per heavy atom. The maximum absolute atomic E-state index is 13.7. The fraction of sp³-hybridized carbons (Fsp3) is 0.892. The van der Waals surface area contributed by atoms with Crippen molar-refractivity contribution in [3.8, 4) is 0 Å². The smallest absolute Gasteiger partial charge is 0.323 e. The van der Waals surface area contributed by atoms with Crippen molar-refractivity contribution in [2.45, 2.75) is 138 Å². The molecular formula is C37H70N4O8. The van der Waals surface area contributed by atoms with E-state index in [-0.39, 0.29) is 43.5 Å². The van der Waals surface area contributed by atoms with Crippen LogP contribution in [-0.4, -0.2) is 144 Å². The molecule has 0 amide bonds. The molecule has 1 saturated heterocycles. The van der Waals surface area contributed by atoms with Crippen LogP contribution in [0.4, 0.5) is 0 Å². The third-order valence-corrected chi connectivity index (χ3v) is 7.33. The van der Waals surface area contributed by atoms with Crippen LogP contribution in [0, 0.1) is 5.92 Å². The Labute approximate surface area is 297 Å². The fourth-order valence-electron chi connectivity index (χ4n) is 5.32. The maximum Gasteiger partial charge on any atom is 0.323 e. The lowest BCUT2D eigenvalue weighted by molar-refractivity contribution is -0.163. The van der Waals surface area contributed by atoms with Gasteiger partial charge in [0.25, 0.3) is 0 Å². The average Bonchev–Trinajstić information content (AvgIpc) is 2.85. The summed E-state index contributed by atoms with van der Waals surface area (Å²) in [5.41, 5.74) is -2.54. The molecule has 49 heavy (non-hydrogen) atoms. The normalized spacial score (nSPS) is 18.3. The lowest BCUT2D eigenvalue weighted by Gasteiger charge is -2.37. The van der Waals surface area contributed by atoms with E-state index in [0.29, 0.717) is 64.7 Å². The van der Waals surface area contributed by atoms with Gasteiger partial charge in [0, 0.05) is 52.4 Å². The number of rotatable bonds is 11. The van der Waals surface area contributed by atoms with E-state index < -0.39 is 28.4 Å². The van der Waals surface area contributed by atoms with Gasteiger partial charge >= 0.3 is 23.9 Å². The first-order valence-electron chi connectivity index (χ1n) is 18.0. The van der Waals surface area contributed by atoms with E-state index >= 15 is 0 Å². The van der Waals surface area contributed by atoms with Crippen molar-refractivity contribution in [3.63, 3.8) is 0 Å². The number of hydrogen-bond acceptors (Lipinski definition) is 12. The van der Waals surface area contributed by atoms with Gasteiger partial charge < -0.3 is 18.9 Å². The molecule has 0 aromatic carbocycles. The molecule has 0 bridgehead atoms. The third kappa shape index (κ3) is 22.2. The quantitative estimate of drug-likeness (QED) is 0.225. The van der Waals surface area contributed by atoms with Crippen molar-refractivity contribution in [2.24, 2.45) is 5.92 Å². The second kappa shape index (κ2) is 19.4. The van der Waals surface area contributed by atoms with Crippen molar-refractivity contribution in [1.29, 1.82) is 0 Å². The first kappa shape index (κ1) is 44.7. The van der Waals surface area contributed by atoms with Gasteiger partial charge in [-0.15, -0.1) is 0 Å². The summed E-state index contributed by atoms with van der Waals surface area (Å²) in [5.74, 6) is -0.899. The SMILES string of the molecule is CC(C)CC[C@H](C(=O)OC(C)(C)C)N1CCN(CC(=O)OC(C)(C)C)CCN(CC(=O)OC(C)(C)C)CCN(CC(=O)OC(C)(C)C)CC1. The molecule has 12 heteroatoms. The zero-order valence-electron chi connectivity index (χ0n) is 33.4. The molecule has 0 N–H and O–H groups in total. The predicted molar refractivity (Wildman–Crippen MR) is 192 cm³/mol. The molecule has 286 valence electrons.